The zero-order valence-corrected chi connectivity index (χ0v) is 12.5. The largest absolute Gasteiger partial charge is 0.337 e. The molecule has 1 saturated heterocycles. The summed E-state index contributed by atoms with van der Waals surface area (Å²) in [7, 11) is 0. The van der Waals surface area contributed by atoms with Crippen molar-refractivity contribution in [3.63, 3.8) is 0 Å². The van der Waals surface area contributed by atoms with Gasteiger partial charge >= 0.3 is 0 Å². The molecule has 0 aromatic heterocycles. The summed E-state index contributed by atoms with van der Waals surface area (Å²) in [5.74, 6) is 0.239. The van der Waals surface area contributed by atoms with Crippen LogP contribution in [-0.2, 0) is 11.3 Å². The lowest BCUT2D eigenvalue weighted by Crippen LogP contribution is -2.43. The van der Waals surface area contributed by atoms with Gasteiger partial charge in [-0.25, -0.2) is 0 Å². The van der Waals surface area contributed by atoms with E-state index in [-0.39, 0.29) is 11.9 Å². The summed E-state index contributed by atoms with van der Waals surface area (Å²) in [5, 5.41) is 5.77. The summed E-state index contributed by atoms with van der Waals surface area (Å²) >= 11 is 0. The van der Waals surface area contributed by atoms with Crippen LogP contribution in [-0.4, -0.2) is 29.9 Å². The maximum atomic E-state index is 12.5. The number of carbonyl (C=O) groups excluding carboxylic acids is 1. The van der Waals surface area contributed by atoms with Gasteiger partial charge < -0.3 is 10.2 Å². The molecule has 1 N–H and O–H groups in total. The molecule has 2 aromatic carbocycles. The predicted octanol–water partition coefficient (Wildman–Crippen LogP) is 2.94. The standard InChI is InChI=1S/C18H22N2O/c1-2-20(18(21)17-8-5-11-19-17)13-14-9-10-15-6-3-4-7-16(15)12-14/h3-4,6-7,9-10,12,17,19H,2,5,8,11,13H2,1H3. The summed E-state index contributed by atoms with van der Waals surface area (Å²) in [5.41, 5.74) is 1.20. The molecule has 0 bridgehead atoms. The number of carbonyl (C=O) groups is 1. The van der Waals surface area contributed by atoms with Crippen LogP contribution < -0.4 is 5.32 Å². The van der Waals surface area contributed by atoms with Gasteiger partial charge in [0.25, 0.3) is 0 Å². The number of likely N-dealkylation sites (N-methyl/N-ethyl adjacent to an activating group) is 1. The van der Waals surface area contributed by atoms with E-state index in [9.17, 15) is 4.79 Å². The molecule has 0 saturated carbocycles. The molecule has 0 aliphatic carbocycles. The molecule has 1 heterocycles. The van der Waals surface area contributed by atoms with Gasteiger partial charge in [0.15, 0.2) is 0 Å². The topological polar surface area (TPSA) is 32.3 Å². The van der Waals surface area contributed by atoms with Crippen LogP contribution in [0.1, 0.15) is 25.3 Å². The Morgan fingerprint density at radius 2 is 2.05 bits per heavy atom. The van der Waals surface area contributed by atoms with E-state index < -0.39 is 0 Å². The van der Waals surface area contributed by atoms with Crippen LogP contribution in [0.3, 0.4) is 0 Å². The van der Waals surface area contributed by atoms with Gasteiger partial charge in [0, 0.05) is 13.1 Å². The van der Waals surface area contributed by atoms with Crippen molar-refractivity contribution in [1.82, 2.24) is 10.2 Å². The fourth-order valence-corrected chi connectivity index (χ4v) is 3.02. The molecule has 1 aliphatic heterocycles. The minimum absolute atomic E-state index is 0.0189. The summed E-state index contributed by atoms with van der Waals surface area (Å²) in [6.45, 7) is 4.46. The van der Waals surface area contributed by atoms with Crippen molar-refractivity contribution in [2.24, 2.45) is 0 Å². The third kappa shape index (κ3) is 3.08. The predicted molar refractivity (Wildman–Crippen MR) is 86.1 cm³/mol. The molecule has 21 heavy (non-hydrogen) atoms. The Hall–Kier alpha value is -1.87. The third-order valence-electron chi connectivity index (χ3n) is 4.24. The van der Waals surface area contributed by atoms with Gasteiger partial charge in [-0.1, -0.05) is 36.4 Å². The van der Waals surface area contributed by atoms with Crippen molar-refractivity contribution in [3.05, 3.63) is 48.0 Å². The highest BCUT2D eigenvalue weighted by atomic mass is 16.2. The highest BCUT2D eigenvalue weighted by molar-refractivity contribution is 5.84. The minimum atomic E-state index is 0.0189. The second kappa shape index (κ2) is 6.27. The van der Waals surface area contributed by atoms with Crippen molar-refractivity contribution in [3.8, 4) is 0 Å². The van der Waals surface area contributed by atoms with Gasteiger partial charge in [0.05, 0.1) is 6.04 Å². The number of rotatable bonds is 4. The van der Waals surface area contributed by atoms with Crippen LogP contribution in [0.15, 0.2) is 42.5 Å². The van der Waals surface area contributed by atoms with Crippen molar-refractivity contribution >= 4 is 16.7 Å². The summed E-state index contributed by atoms with van der Waals surface area (Å²) < 4.78 is 0. The Kier molecular flexibility index (Phi) is 4.20. The van der Waals surface area contributed by atoms with Crippen molar-refractivity contribution in [1.29, 1.82) is 0 Å². The molecule has 1 amide bonds. The molecule has 1 aliphatic rings. The van der Waals surface area contributed by atoms with E-state index in [0.717, 1.165) is 25.9 Å². The summed E-state index contributed by atoms with van der Waals surface area (Å²) in [6, 6.07) is 14.8. The van der Waals surface area contributed by atoms with E-state index in [1.165, 1.54) is 16.3 Å². The number of hydrogen-bond donors (Lipinski definition) is 1. The quantitative estimate of drug-likeness (QED) is 0.935. The lowest BCUT2D eigenvalue weighted by molar-refractivity contribution is -0.133. The maximum absolute atomic E-state index is 12.5. The first-order valence-electron chi connectivity index (χ1n) is 7.78. The Labute approximate surface area is 125 Å². The van der Waals surface area contributed by atoms with Gasteiger partial charge in [-0.2, -0.15) is 0 Å². The first-order chi connectivity index (χ1) is 10.3. The number of fused-ring (bicyclic) bond motifs is 1. The van der Waals surface area contributed by atoms with Crippen molar-refractivity contribution < 1.29 is 4.79 Å². The average Bonchev–Trinajstić information content (AvgIpc) is 3.06. The lowest BCUT2D eigenvalue weighted by atomic mass is 10.1. The van der Waals surface area contributed by atoms with Crippen LogP contribution in [0.5, 0.6) is 0 Å². The molecule has 3 nitrogen and oxygen atoms in total. The fourth-order valence-electron chi connectivity index (χ4n) is 3.02. The van der Waals surface area contributed by atoms with Crippen molar-refractivity contribution in [2.45, 2.75) is 32.4 Å². The van der Waals surface area contributed by atoms with Gasteiger partial charge in [-0.3, -0.25) is 4.79 Å². The van der Waals surface area contributed by atoms with E-state index in [1.807, 2.05) is 11.8 Å². The monoisotopic (exact) mass is 282 g/mol. The molecule has 0 spiro atoms. The van der Waals surface area contributed by atoms with E-state index in [0.29, 0.717) is 6.54 Å². The van der Waals surface area contributed by atoms with E-state index in [2.05, 4.69) is 47.8 Å². The van der Waals surface area contributed by atoms with E-state index in [1.54, 1.807) is 0 Å². The third-order valence-corrected chi connectivity index (χ3v) is 4.24. The van der Waals surface area contributed by atoms with Gasteiger partial charge in [0.2, 0.25) is 5.91 Å². The van der Waals surface area contributed by atoms with Crippen LogP contribution in [0, 0.1) is 0 Å². The molecule has 1 fully saturated rings. The highest BCUT2D eigenvalue weighted by Crippen LogP contribution is 2.18. The summed E-state index contributed by atoms with van der Waals surface area (Å²) in [6.07, 6.45) is 2.07. The van der Waals surface area contributed by atoms with Crippen LogP contribution in [0.4, 0.5) is 0 Å². The number of hydrogen-bond acceptors (Lipinski definition) is 2. The normalized spacial score (nSPS) is 18.0. The average molecular weight is 282 g/mol. The molecule has 0 radical (unpaired) electrons. The first kappa shape index (κ1) is 14.1. The molecule has 2 aromatic rings. The highest BCUT2D eigenvalue weighted by Gasteiger charge is 2.26. The van der Waals surface area contributed by atoms with Crippen molar-refractivity contribution in [2.75, 3.05) is 13.1 Å². The molecule has 1 unspecified atom stereocenters. The Bertz CT molecular complexity index is 632. The second-order valence-corrected chi connectivity index (χ2v) is 5.68. The minimum Gasteiger partial charge on any atom is -0.337 e. The smallest absolute Gasteiger partial charge is 0.239 e. The molecule has 3 rings (SSSR count). The summed E-state index contributed by atoms with van der Waals surface area (Å²) in [4.78, 5) is 14.5. The van der Waals surface area contributed by atoms with E-state index in [4.69, 9.17) is 0 Å². The fraction of sp³-hybridized carbons (Fsp3) is 0.389. The van der Waals surface area contributed by atoms with Gasteiger partial charge in [-0.15, -0.1) is 0 Å². The molecular formula is C18H22N2O. The Balaban J connectivity index is 1.76. The number of nitrogens with zero attached hydrogens (tertiary/aromatic N) is 1. The Morgan fingerprint density at radius 1 is 1.24 bits per heavy atom. The van der Waals surface area contributed by atoms with Crippen LogP contribution >= 0.6 is 0 Å². The zero-order valence-electron chi connectivity index (χ0n) is 12.5. The zero-order chi connectivity index (χ0) is 14.7. The lowest BCUT2D eigenvalue weighted by Gasteiger charge is -2.24. The second-order valence-electron chi connectivity index (χ2n) is 5.68. The first-order valence-corrected chi connectivity index (χ1v) is 7.78. The van der Waals surface area contributed by atoms with Crippen LogP contribution in [0.2, 0.25) is 0 Å². The van der Waals surface area contributed by atoms with Gasteiger partial charge in [0.1, 0.15) is 0 Å². The molecule has 1 atom stereocenters. The number of nitrogens with one attached hydrogen (secondary N) is 1. The maximum Gasteiger partial charge on any atom is 0.239 e. The van der Waals surface area contributed by atoms with Gasteiger partial charge in [-0.05, 0) is 48.7 Å². The van der Waals surface area contributed by atoms with E-state index >= 15 is 0 Å². The molecular weight excluding hydrogens is 260 g/mol. The number of benzene rings is 2. The number of amides is 1. The molecule has 3 heteroatoms. The SMILES string of the molecule is CCN(Cc1ccc2ccccc2c1)C(=O)C1CCCN1. The Morgan fingerprint density at radius 3 is 2.76 bits per heavy atom. The molecule has 110 valence electrons. The van der Waals surface area contributed by atoms with Crippen LogP contribution in [0.25, 0.3) is 10.8 Å².